The highest BCUT2D eigenvalue weighted by atomic mass is 32.2. The molecule has 0 aliphatic heterocycles. The molecule has 0 aliphatic rings. The second-order valence-corrected chi connectivity index (χ2v) is 11.5. The molecule has 0 aliphatic carbocycles. The minimum absolute atomic E-state index is 0.825. The first-order valence-corrected chi connectivity index (χ1v) is 14.3. The number of nitrogens with one attached hydrogen (secondary N) is 1. The third-order valence-electron chi connectivity index (χ3n) is 4.99. The number of hydrogen-bond acceptors (Lipinski definition) is 7. The molecule has 0 unspecified atom stereocenters. The summed E-state index contributed by atoms with van der Waals surface area (Å²) in [7, 11) is 0. The van der Waals surface area contributed by atoms with E-state index in [-0.39, 0.29) is 0 Å². The molecule has 3 aromatic heterocycles. The van der Waals surface area contributed by atoms with Crippen LogP contribution >= 0.6 is 46.6 Å². The van der Waals surface area contributed by atoms with E-state index in [2.05, 4.69) is 45.9 Å². The van der Waals surface area contributed by atoms with Gasteiger partial charge in [-0.1, -0.05) is 23.9 Å². The summed E-state index contributed by atoms with van der Waals surface area (Å²) in [6.45, 7) is 4.35. The number of aromatic amines is 1. The number of hydrogen-bond donors (Lipinski definition) is 1. The van der Waals surface area contributed by atoms with Gasteiger partial charge in [0.1, 0.15) is 0 Å². The van der Waals surface area contributed by atoms with E-state index in [9.17, 15) is 0 Å². The third-order valence-corrected chi connectivity index (χ3v) is 8.99. The Labute approximate surface area is 200 Å². The number of H-pyrrole nitrogens is 1. The Morgan fingerprint density at radius 1 is 0.968 bits per heavy atom. The molecule has 0 atom stereocenters. The van der Waals surface area contributed by atoms with Crippen molar-refractivity contribution in [3.8, 4) is 0 Å². The van der Waals surface area contributed by atoms with Gasteiger partial charge in [-0.05, 0) is 67.7 Å². The number of nitrogens with zero attached hydrogens (tertiary/aromatic N) is 3. The van der Waals surface area contributed by atoms with Gasteiger partial charge in [0.25, 0.3) is 0 Å². The normalized spacial score (nSPS) is 11.4. The molecular formula is C23H26N4S4. The third kappa shape index (κ3) is 6.28. The summed E-state index contributed by atoms with van der Waals surface area (Å²) < 4.78 is 0. The van der Waals surface area contributed by atoms with Crippen LogP contribution in [0.2, 0.25) is 0 Å². The molecule has 0 fully saturated rings. The maximum Gasteiger partial charge on any atom is 0.166 e. The van der Waals surface area contributed by atoms with Crippen LogP contribution in [0.25, 0.3) is 11.0 Å². The molecule has 31 heavy (non-hydrogen) atoms. The number of benzene rings is 1. The summed E-state index contributed by atoms with van der Waals surface area (Å²) in [4.78, 5) is 19.8. The van der Waals surface area contributed by atoms with Crippen molar-refractivity contribution in [1.82, 2.24) is 19.9 Å². The van der Waals surface area contributed by atoms with E-state index in [1.165, 1.54) is 33.2 Å². The molecule has 0 saturated heterocycles. The van der Waals surface area contributed by atoms with Crippen molar-refractivity contribution in [2.24, 2.45) is 0 Å². The van der Waals surface area contributed by atoms with Crippen LogP contribution in [0.4, 0.5) is 0 Å². The zero-order valence-electron chi connectivity index (χ0n) is 17.8. The van der Waals surface area contributed by atoms with Gasteiger partial charge >= 0.3 is 0 Å². The monoisotopic (exact) mass is 486 g/mol. The van der Waals surface area contributed by atoms with Crippen molar-refractivity contribution < 1.29 is 0 Å². The SMILES string of the molecule is Cc1scnc1CCSCCCSc1ccnc(CSc2nc3ccccc3[nH]2)c1C. The Morgan fingerprint density at radius 2 is 1.87 bits per heavy atom. The smallest absolute Gasteiger partial charge is 0.166 e. The van der Waals surface area contributed by atoms with Gasteiger partial charge in [0.15, 0.2) is 5.16 Å². The Kier molecular flexibility index (Phi) is 8.35. The number of thioether (sulfide) groups is 3. The van der Waals surface area contributed by atoms with Crippen LogP contribution in [0.1, 0.15) is 28.2 Å². The van der Waals surface area contributed by atoms with Gasteiger partial charge in [-0.2, -0.15) is 11.8 Å². The minimum atomic E-state index is 0.825. The van der Waals surface area contributed by atoms with Crippen molar-refractivity contribution >= 4 is 57.7 Å². The highest BCUT2D eigenvalue weighted by molar-refractivity contribution is 8.00. The average Bonchev–Trinajstić information content (AvgIpc) is 3.38. The van der Waals surface area contributed by atoms with Crippen molar-refractivity contribution in [3.05, 3.63) is 63.9 Å². The number of thiazole rings is 1. The molecule has 8 heteroatoms. The van der Waals surface area contributed by atoms with E-state index in [0.29, 0.717) is 0 Å². The molecule has 0 radical (unpaired) electrons. The number of pyridine rings is 1. The predicted molar refractivity (Wildman–Crippen MR) is 138 cm³/mol. The molecule has 162 valence electrons. The fraction of sp³-hybridized carbons (Fsp3) is 0.348. The van der Waals surface area contributed by atoms with Crippen LogP contribution in [0.3, 0.4) is 0 Å². The van der Waals surface area contributed by atoms with Gasteiger partial charge in [-0.25, -0.2) is 9.97 Å². The van der Waals surface area contributed by atoms with Crippen LogP contribution in [-0.4, -0.2) is 37.2 Å². The van der Waals surface area contributed by atoms with E-state index in [1.807, 2.05) is 53.4 Å². The first kappa shape index (κ1) is 22.7. The number of rotatable bonds is 11. The zero-order chi connectivity index (χ0) is 21.5. The number of para-hydroxylation sites is 2. The van der Waals surface area contributed by atoms with E-state index in [4.69, 9.17) is 0 Å². The van der Waals surface area contributed by atoms with Gasteiger partial charge in [0.2, 0.25) is 0 Å². The van der Waals surface area contributed by atoms with Crippen molar-refractivity contribution in [2.45, 2.75) is 42.5 Å². The lowest BCUT2D eigenvalue weighted by molar-refractivity contribution is 1.04. The average molecular weight is 487 g/mol. The lowest BCUT2D eigenvalue weighted by Crippen LogP contribution is -1.96. The summed E-state index contributed by atoms with van der Waals surface area (Å²) in [5.74, 6) is 4.33. The fourth-order valence-electron chi connectivity index (χ4n) is 3.18. The second kappa shape index (κ2) is 11.4. The molecule has 1 N–H and O–H groups in total. The summed E-state index contributed by atoms with van der Waals surface area (Å²) in [5, 5.41) is 0.949. The Hall–Kier alpha value is -1.48. The largest absolute Gasteiger partial charge is 0.333 e. The van der Waals surface area contributed by atoms with Crippen molar-refractivity contribution in [2.75, 3.05) is 17.3 Å². The molecule has 0 saturated carbocycles. The molecule has 1 aromatic carbocycles. The lowest BCUT2D eigenvalue weighted by Gasteiger charge is -2.09. The zero-order valence-corrected chi connectivity index (χ0v) is 21.0. The lowest BCUT2D eigenvalue weighted by atomic mass is 10.2. The number of fused-ring (bicyclic) bond motifs is 1. The molecule has 0 spiro atoms. The maximum atomic E-state index is 4.65. The van der Waals surface area contributed by atoms with E-state index in [1.54, 1.807) is 23.1 Å². The van der Waals surface area contributed by atoms with Crippen molar-refractivity contribution in [3.63, 3.8) is 0 Å². The number of aryl methyl sites for hydroxylation is 2. The molecule has 4 rings (SSSR count). The Balaban J connectivity index is 1.20. The molecule has 0 bridgehead atoms. The van der Waals surface area contributed by atoms with Crippen LogP contribution < -0.4 is 0 Å². The van der Waals surface area contributed by atoms with Crippen LogP contribution in [0.5, 0.6) is 0 Å². The summed E-state index contributed by atoms with van der Waals surface area (Å²) in [6.07, 6.45) is 4.24. The van der Waals surface area contributed by atoms with E-state index < -0.39 is 0 Å². The standard InChI is InChI=1S/C23H26N4S4/c1-16-21(14-30-23-26-19-6-3-4-7-20(19)27-23)24-10-8-22(16)29-12-5-11-28-13-9-18-17(2)31-15-25-18/h3-4,6-8,10,15H,5,9,11-14H2,1-2H3,(H,26,27). The van der Waals surface area contributed by atoms with Gasteiger partial charge in [-0.15, -0.1) is 23.1 Å². The second-order valence-electron chi connectivity index (χ2n) is 7.15. The summed E-state index contributed by atoms with van der Waals surface area (Å²) >= 11 is 7.44. The summed E-state index contributed by atoms with van der Waals surface area (Å²) in [5.41, 5.74) is 7.75. The number of imidazole rings is 1. The van der Waals surface area contributed by atoms with E-state index >= 15 is 0 Å². The van der Waals surface area contributed by atoms with Crippen molar-refractivity contribution in [1.29, 1.82) is 0 Å². The molecular weight excluding hydrogens is 461 g/mol. The predicted octanol–water partition coefficient (Wildman–Crippen LogP) is 6.78. The minimum Gasteiger partial charge on any atom is -0.333 e. The van der Waals surface area contributed by atoms with Gasteiger partial charge < -0.3 is 4.98 Å². The molecule has 4 aromatic rings. The summed E-state index contributed by atoms with van der Waals surface area (Å²) in [6, 6.07) is 10.3. The topological polar surface area (TPSA) is 54.5 Å². The fourth-order valence-corrected chi connectivity index (χ4v) is 6.79. The first-order chi connectivity index (χ1) is 15.2. The Morgan fingerprint density at radius 3 is 2.71 bits per heavy atom. The van der Waals surface area contributed by atoms with Gasteiger partial charge in [0, 0.05) is 21.7 Å². The van der Waals surface area contributed by atoms with Crippen LogP contribution in [-0.2, 0) is 12.2 Å². The van der Waals surface area contributed by atoms with E-state index in [0.717, 1.165) is 45.6 Å². The molecule has 4 nitrogen and oxygen atoms in total. The molecule has 0 amide bonds. The van der Waals surface area contributed by atoms with Crippen LogP contribution in [0, 0.1) is 13.8 Å². The maximum absolute atomic E-state index is 4.65. The highest BCUT2D eigenvalue weighted by Gasteiger charge is 2.09. The Bertz CT molecular complexity index is 1090. The molecule has 3 heterocycles. The highest BCUT2D eigenvalue weighted by Crippen LogP contribution is 2.29. The van der Waals surface area contributed by atoms with Gasteiger partial charge in [-0.3, -0.25) is 4.98 Å². The van der Waals surface area contributed by atoms with Crippen LogP contribution in [0.15, 0.2) is 52.1 Å². The quantitative estimate of drug-likeness (QED) is 0.186. The number of aromatic nitrogens is 4. The van der Waals surface area contributed by atoms with Gasteiger partial charge in [0.05, 0.1) is 27.9 Å². The first-order valence-electron chi connectivity index (χ1n) is 10.3.